The van der Waals surface area contributed by atoms with Crippen LogP contribution in [0.15, 0.2) is 6.33 Å². The molecule has 4 N–H and O–H groups in total. The lowest BCUT2D eigenvalue weighted by Gasteiger charge is -2.30. The number of aromatic nitrogens is 2. The third-order valence-corrected chi connectivity index (χ3v) is 2.95. The summed E-state index contributed by atoms with van der Waals surface area (Å²) in [6.45, 7) is 6.03. The van der Waals surface area contributed by atoms with Gasteiger partial charge in [-0.15, -0.1) is 0 Å². The highest BCUT2D eigenvalue weighted by atomic mass is 15.3. The summed E-state index contributed by atoms with van der Waals surface area (Å²) in [7, 11) is 0. The van der Waals surface area contributed by atoms with Crippen molar-refractivity contribution in [3.8, 4) is 0 Å². The maximum atomic E-state index is 5.66. The summed E-state index contributed by atoms with van der Waals surface area (Å²) < 4.78 is 2.23. The molecule has 1 aromatic heterocycles. The minimum absolute atomic E-state index is 0.373. The predicted octanol–water partition coefficient (Wildman–Crippen LogP) is 0.0231. The Labute approximate surface area is 90.1 Å². The van der Waals surface area contributed by atoms with Crippen molar-refractivity contribution >= 4 is 0 Å². The van der Waals surface area contributed by atoms with E-state index in [9.17, 15) is 0 Å². The highest BCUT2D eigenvalue weighted by molar-refractivity contribution is 5.17. The molecule has 0 aromatic carbocycles. The monoisotopic (exact) mass is 209 g/mol. The fraction of sp³-hybridized carbons (Fsp3) is 0.700. The standard InChI is InChI=1S/C10H19N5/c1-7(2)15-6-13-8-5-14(10(11)12)4-3-9(8)15/h6-7,10H,3-5,11-12H2,1-2H3. The maximum absolute atomic E-state index is 5.66. The molecule has 0 unspecified atom stereocenters. The summed E-state index contributed by atoms with van der Waals surface area (Å²) >= 11 is 0. The molecular weight excluding hydrogens is 190 g/mol. The number of nitrogens with two attached hydrogens (primary N) is 2. The van der Waals surface area contributed by atoms with Gasteiger partial charge >= 0.3 is 0 Å². The molecule has 0 aliphatic carbocycles. The lowest BCUT2D eigenvalue weighted by atomic mass is 10.1. The number of imidazole rings is 1. The molecule has 5 nitrogen and oxygen atoms in total. The summed E-state index contributed by atoms with van der Waals surface area (Å²) in [5.41, 5.74) is 13.8. The Morgan fingerprint density at radius 1 is 1.40 bits per heavy atom. The van der Waals surface area contributed by atoms with E-state index in [0.29, 0.717) is 6.04 Å². The van der Waals surface area contributed by atoms with Gasteiger partial charge in [0.1, 0.15) is 6.29 Å². The SMILES string of the molecule is CC(C)n1cnc2c1CCN(C(N)N)C2. The Bertz CT molecular complexity index is 342. The van der Waals surface area contributed by atoms with Crippen LogP contribution < -0.4 is 11.5 Å². The van der Waals surface area contributed by atoms with Crippen LogP contribution in [-0.4, -0.2) is 27.3 Å². The van der Waals surface area contributed by atoms with Crippen LogP contribution in [0, 0.1) is 0 Å². The van der Waals surface area contributed by atoms with E-state index < -0.39 is 0 Å². The minimum atomic E-state index is -0.373. The van der Waals surface area contributed by atoms with Crippen molar-refractivity contribution < 1.29 is 0 Å². The molecule has 0 bridgehead atoms. The zero-order valence-electron chi connectivity index (χ0n) is 9.35. The highest BCUT2D eigenvalue weighted by Crippen LogP contribution is 2.20. The molecular formula is C10H19N5. The molecule has 1 aliphatic heterocycles. The largest absolute Gasteiger partial charge is 0.332 e. The number of hydrogen-bond acceptors (Lipinski definition) is 4. The highest BCUT2D eigenvalue weighted by Gasteiger charge is 2.23. The van der Waals surface area contributed by atoms with E-state index in [0.717, 1.165) is 25.2 Å². The third kappa shape index (κ3) is 1.90. The second kappa shape index (κ2) is 3.92. The van der Waals surface area contributed by atoms with Crippen molar-refractivity contribution in [2.24, 2.45) is 11.5 Å². The Kier molecular flexibility index (Phi) is 2.77. The lowest BCUT2D eigenvalue weighted by Crippen LogP contribution is -2.50. The zero-order chi connectivity index (χ0) is 11.0. The molecule has 0 amide bonds. The van der Waals surface area contributed by atoms with Gasteiger partial charge < -0.3 is 16.0 Å². The minimum Gasteiger partial charge on any atom is -0.332 e. The van der Waals surface area contributed by atoms with Crippen LogP contribution in [-0.2, 0) is 13.0 Å². The maximum Gasteiger partial charge on any atom is 0.109 e. The molecule has 0 spiro atoms. The third-order valence-electron chi connectivity index (χ3n) is 2.95. The molecule has 0 fully saturated rings. The van der Waals surface area contributed by atoms with Gasteiger partial charge in [0.15, 0.2) is 0 Å². The van der Waals surface area contributed by atoms with Gasteiger partial charge in [0.2, 0.25) is 0 Å². The first-order valence-corrected chi connectivity index (χ1v) is 5.39. The average Bonchev–Trinajstić information content (AvgIpc) is 2.59. The first-order valence-electron chi connectivity index (χ1n) is 5.39. The van der Waals surface area contributed by atoms with Gasteiger partial charge in [-0.1, -0.05) is 0 Å². The van der Waals surface area contributed by atoms with Crippen LogP contribution in [0.4, 0.5) is 0 Å². The van der Waals surface area contributed by atoms with Crippen LogP contribution in [0.2, 0.25) is 0 Å². The van der Waals surface area contributed by atoms with E-state index >= 15 is 0 Å². The first kappa shape index (κ1) is 10.6. The van der Waals surface area contributed by atoms with Gasteiger partial charge in [-0.2, -0.15) is 0 Å². The van der Waals surface area contributed by atoms with Gasteiger partial charge in [-0.25, -0.2) is 4.98 Å². The van der Waals surface area contributed by atoms with E-state index in [4.69, 9.17) is 11.5 Å². The molecule has 0 saturated carbocycles. The smallest absolute Gasteiger partial charge is 0.109 e. The van der Waals surface area contributed by atoms with Crippen LogP contribution >= 0.6 is 0 Å². The van der Waals surface area contributed by atoms with E-state index in [2.05, 4.69) is 23.4 Å². The Morgan fingerprint density at radius 2 is 2.13 bits per heavy atom. The quantitative estimate of drug-likeness (QED) is 0.674. The van der Waals surface area contributed by atoms with Crippen LogP contribution in [0.5, 0.6) is 0 Å². The van der Waals surface area contributed by atoms with E-state index in [1.807, 2.05) is 11.2 Å². The zero-order valence-corrected chi connectivity index (χ0v) is 9.35. The summed E-state index contributed by atoms with van der Waals surface area (Å²) in [5.74, 6) is 0. The molecule has 1 aromatic rings. The molecule has 0 radical (unpaired) electrons. The van der Waals surface area contributed by atoms with Crippen LogP contribution in [0.3, 0.4) is 0 Å². The Morgan fingerprint density at radius 3 is 2.73 bits per heavy atom. The average molecular weight is 209 g/mol. The van der Waals surface area contributed by atoms with Gasteiger partial charge in [0.25, 0.3) is 0 Å². The van der Waals surface area contributed by atoms with Gasteiger partial charge in [0.05, 0.1) is 12.0 Å². The molecule has 0 atom stereocenters. The van der Waals surface area contributed by atoms with E-state index in [1.165, 1.54) is 5.69 Å². The fourth-order valence-corrected chi connectivity index (χ4v) is 2.05. The molecule has 5 heteroatoms. The summed E-state index contributed by atoms with van der Waals surface area (Å²) in [6.07, 6.45) is 2.53. The predicted molar refractivity (Wildman–Crippen MR) is 58.9 cm³/mol. The molecule has 1 aliphatic rings. The van der Waals surface area contributed by atoms with Crippen molar-refractivity contribution in [2.45, 2.75) is 39.1 Å². The number of nitrogens with zero attached hydrogens (tertiary/aromatic N) is 3. The van der Waals surface area contributed by atoms with Crippen molar-refractivity contribution in [3.63, 3.8) is 0 Å². The van der Waals surface area contributed by atoms with E-state index in [-0.39, 0.29) is 6.29 Å². The number of hydrogen-bond donors (Lipinski definition) is 2. The van der Waals surface area contributed by atoms with Crippen molar-refractivity contribution in [1.29, 1.82) is 0 Å². The molecule has 2 heterocycles. The lowest BCUT2D eigenvalue weighted by molar-refractivity contribution is 0.181. The van der Waals surface area contributed by atoms with Gasteiger partial charge in [-0.3, -0.25) is 4.90 Å². The Hall–Kier alpha value is -0.910. The van der Waals surface area contributed by atoms with Gasteiger partial charge in [0, 0.05) is 31.2 Å². The summed E-state index contributed by atoms with van der Waals surface area (Å²) in [5, 5.41) is 0. The van der Waals surface area contributed by atoms with Crippen LogP contribution in [0.1, 0.15) is 31.3 Å². The Balaban J connectivity index is 2.22. The molecule has 0 saturated heterocycles. The van der Waals surface area contributed by atoms with Crippen molar-refractivity contribution in [3.05, 3.63) is 17.7 Å². The number of rotatable bonds is 2. The molecule has 2 rings (SSSR count). The van der Waals surface area contributed by atoms with Crippen molar-refractivity contribution in [1.82, 2.24) is 14.5 Å². The summed E-state index contributed by atoms with van der Waals surface area (Å²) in [4.78, 5) is 6.46. The second-order valence-corrected chi connectivity index (χ2v) is 4.35. The molecule has 15 heavy (non-hydrogen) atoms. The van der Waals surface area contributed by atoms with Crippen molar-refractivity contribution in [2.75, 3.05) is 6.54 Å². The number of fused-ring (bicyclic) bond motifs is 1. The normalized spacial score (nSPS) is 17.5. The summed E-state index contributed by atoms with van der Waals surface area (Å²) in [6, 6.07) is 0.472. The van der Waals surface area contributed by atoms with Gasteiger partial charge in [-0.05, 0) is 13.8 Å². The second-order valence-electron chi connectivity index (χ2n) is 4.35. The van der Waals surface area contributed by atoms with Crippen LogP contribution in [0.25, 0.3) is 0 Å². The topological polar surface area (TPSA) is 73.1 Å². The fourth-order valence-electron chi connectivity index (χ4n) is 2.05. The van der Waals surface area contributed by atoms with E-state index in [1.54, 1.807) is 0 Å². The first-order chi connectivity index (χ1) is 7.09. The molecule has 84 valence electrons.